The highest BCUT2D eigenvalue weighted by molar-refractivity contribution is 7.98. The largest absolute Gasteiger partial charge is 0.165 e. The Balaban J connectivity index is 2.86. The Morgan fingerprint density at radius 2 is 0.833 bits per heavy atom. The van der Waals surface area contributed by atoms with Crippen LogP contribution in [0.1, 0.15) is 96.8 Å². The Hall–Kier alpha value is 0.350. The van der Waals surface area contributed by atoms with Crippen molar-refractivity contribution in [3.05, 3.63) is 0 Å². The summed E-state index contributed by atoms with van der Waals surface area (Å²) in [5.74, 6) is 1.36. The van der Waals surface area contributed by atoms with Gasteiger partial charge in [-0.1, -0.05) is 90.4 Å². The highest BCUT2D eigenvalue weighted by atomic mass is 32.2. The van der Waals surface area contributed by atoms with Gasteiger partial charge in [-0.15, -0.1) is 0 Å². The van der Waals surface area contributed by atoms with E-state index in [0.717, 1.165) is 0 Å². The number of hydrogen-bond donors (Lipinski definition) is 0. The lowest BCUT2D eigenvalue weighted by Crippen LogP contribution is -1.84. The summed E-state index contributed by atoms with van der Waals surface area (Å²) in [4.78, 5) is 0. The fourth-order valence-corrected chi connectivity index (χ4v) is 2.93. The first-order valence-corrected chi connectivity index (χ1v) is 9.80. The molecule has 0 saturated carbocycles. The number of hydrogen-bond acceptors (Lipinski definition) is 1. The summed E-state index contributed by atoms with van der Waals surface area (Å²) in [6.45, 7) is 2.29. The van der Waals surface area contributed by atoms with E-state index in [4.69, 9.17) is 0 Å². The van der Waals surface area contributed by atoms with Gasteiger partial charge in [-0.25, -0.2) is 0 Å². The molecule has 0 aromatic carbocycles. The predicted octanol–water partition coefficient (Wildman–Crippen LogP) is 6.83. The van der Waals surface area contributed by atoms with E-state index in [9.17, 15) is 0 Å². The van der Waals surface area contributed by atoms with E-state index in [-0.39, 0.29) is 0 Å². The van der Waals surface area contributed by atoms with Crippen molar-refractivity contribution >= 4 is 11.8 Å². The quantitative estimate of drug-likeness (QED) is 0.294. The van der Waals surface area contributed by atoms with Crippen molar-refractivity contribution < 1.29 is 0 Å². The number of thioether (sulfide) groups is 1. The zero-order chi connectivity index (χ0) is 13.3. The normalized spacial score (nSPS) is 11.0. The molecule has 0 aromatic rings. The molecular formula is C17H36S. The van der Waals surface area contributed by atoms with Gasteiger partial charge < -0.3 is 0 Å². The minimum absolute atomic E-state index is 1.36. The minimum Gasteiger partial charge on any atom is -0.165 e. The van der Waals surface area contributed by atoms with Gasteiger partial charge in [0, 0.05) is 0 Å². The molecule has 0 aromatic heterocycles. The highest BCUT2D eigenvalue weighted by Crippen LogP contribution is 2.13. The Morgan fingerprint density at radius 1 is 0.500 bits per heavy atom. The maximum atomic E-state index is 2.29. The molecule has 110 valence electrons. The molecule has 0 aliphatic rings. The van der Waals surface area contributed by atoms with Crippen LogP contribution in [-0.2, 0) is 0 Å². The van der Waals surface area contributed by atoms with Crippen molar-refractivity contribution in [2.75, 3.05) is 12.0 Å². The zero-order valence-electron chi connectivity index (χ0n) is 13.0. The summed E-state index contributed by atoms with van der Waals surface area (Å²) in [5.41, 5.74) is 0. The second kappa shape index (κ2) is 17.4. The maximum absolute atomic E-state index is 2.29. The molecule has 1 heteroatoms. The van der Waals surface area contributed by atoms with E-state index in [2.05, 4.69) is 13.2 Å². The summed E-state index contributed by atoms with van der Waals surface area (Å²) in [6, 6.07) is 0. The SMILES string of the molecule is CCCCCCCCCCCCCCCCSC. The molecule has 0 fully saturated rings. The second-order valence-corrected chi connectivity index (χ2v) is 6.57. The lowest BCUT2D eigenvalue weighted by atomic mass is 10.0. The van der Waals surface area contributed by atoms with Gasteiger partial charge in [0.05, 0.1) is 0 Å². The molecule has 0 N–H and O–H groups in total. The molecule has 0 radical (unpaired) electrons. The average Bonchev–Trinajstić information content (AvgIpc) is 2.39. The van der Waals surface area contributed by atoms with Crippen LogP contribution in [0.2, 0.25) is 0 Å². The van der Waals surface area contributed by atoms with Crippen molar-refractivity contribution in [2.24, 2.45) is 0 Å². The molecule has 0 unspecified atom stereocenters. The van der Waals surface area contributed by atoms with Gasteiger partial charge >= 0.3 is 0 Å². The highest BCUT2D eigenvalue weighted by Gasteiger charge is 1.93. The third-order valence-corrected chi connectivity index (χ3v) is 4.40. The van der Waals surface area contributed by atoms with E-state index in [1.54, 1.807) is 0 Å². The molecule has 18 heavy (non-hydrogen) atoms. The molecule has 0 heterocycles. The van der Waals surface area contributed by atoms with E-state index < -0.39 is 0 Å². The Bertz CT molecular complexity index is 118. The summed E-state index contributed by atoms with van der Waals surface area (Å²) in [7, 11) is 0. The lowest BCUT2D eigenvalue weighted by molar-refractivity contribution is 0.538. The summed E-state index contributed by atoms with van der Waals surface area (Å²) in [5, 5.41) is 0. The van der Waals surface area contributed by atoms with Gasteiger partial charge in [-0.2, -0.15) is 11.8 Å². The first-order valence-electron chi connectivity index (χ1n) is 8.40. The molecule has 0 atom stereocenters. The van der Waals surface area contributed by atoms with Gasteiger partial charge in [-0.3, -0.25) is 0 Å². The molecule has 0 bridgehead atoms. The van der Waals surface area contributed by atoms with Crippen molar-refractivity contribution in [1.82, 2.24) is 0 Å². The van der Waals surface area contributed by atoms with Crippen LogP contribution in [0, 0.1) is 0 Å². The van der Waals surface area contributed by atoms with E-state index in [1.807, 2.05) is 11.8 Å². The number of unbranched alkanes of at least 4 members (excludes halogenated alkanes) is 13. The van der Waals surface area contributed by atoms with Crippen LogP contribution in [0.3, 0.4) is 0 Å². The van der Waals surface area contributed by atoms with Crippen molar-refractivity contribution in [2.45, 2.75) is 96.8 Å². The second-order valence-electron chi connectivity index (χ2n) is 5.59. The summed E-state index contributed by atoms with van der Waals surface area (Å²) >= 11 is 1.99. The van der Waals surface area contributed by atoms with Crippen LogP contribution >= 0.6 is 11.8 Å². The van der Waals surface area contributed by atoms with Gasteiger partial charge in [0.1, 0.15) is 0 Å². The van der Waals surface area contributed by atoms with Crippen molar-refractivity contribution in [1.29, 1.82) is 0 Å². The predicted molar refractivity (Wildman–Crippen MR) is 88.7 cm³/mol. The maximum Gasteiger partial charge on any atom is -0.00703 e. The van der Waals surface area contributed by atoms with E-state index in [1.165, 1.54) is 95.6 Å². The fourth-order valence-electron chi connectivity index (χ4n) is 2.44. The lowest BCUT2D eigenvalue weighted by Gasteiger charge is -2.02. The van der Waals surface area contributed by atoms with Crippen LogP contribution in [0.15, 0.2) is 0 Å². The third kappa shape index (κ3) is 16.4. The standard InChI is InChI=1S/C17H36S/c1-3-4-5-6-7-8-9-10-11-12-13-14-15-16-17-18-2/h3-17H2,1-2H3. The van der Waals surface area contributed by atoms with Crippen LogP contribution in [0.4, 0.5) is 0 Å². The first-order chi connectivity index (χ1) is 8.91. The van der Waals surface area contributed by atoms with Crippen molar-refractivity contribution in [3.8, 4) is 0 Å². The van der Waals surface area contributed by atoms with Gasteiger partial charge in [0.25, 0.3) is 0 Å². The molecule has 0 aliphatic heterocycles. The first kappa shape index (κ1) is 18.4. The minimum atomic E-state index is 1.36. The van der Waals surface area contributed by atoms with Crippen LogP contribution < -0.4 is 0 Å². The molecule has 0 nitrogen and oxygen atoms in total. The Morgan fingerprint density at radius 3 is 1.17 bits per heavy atom. The number of rotatable bonds is 15. The van der Waals surface area contributed by atoms with E-state index >= 15 is 0 Å². The van der Waals surface area contributed by atoms with Crippen LogP contribution in [0.25, 0.3) is 0 Å². The van der Waals surface area contributed by atoms with Crippen LogP contribution in [-0.4, -0.2) is 12.0 Å². The molecule has 0 rings (SSSR count). The van der Waals surface area contributed by atoms with Gasteiger partial charge in [0.15, 0.2) is 0 Å². The van der Waals surface area contributed by atoms with Gasteiger partial charge in [0.2, 0.25) is 0 Å². The molecule has 0 amide bonds. The van der Waals surface area contributed by atoms with E-state index in [0.29, 0.717) is 0 Å². The molecule has 0 saturated heterocycles. The smallest absolute Gasteiger partial charge is 0.00703 e. The molecule has 0 aliphatic carbocycles. The zero-order valence-corrected chi connectivity index (χ0v) is 13.8. The van der Waals surface area contributed by atoms with Crippen LogP contribution in [0.5, 0.6) is 0 Å². The fraction of sp³-hybridized carbons (Fsp3) is 1.00. The van der Waals surface area contributed by atoms with Gasteiger partial charge in [-0.05, 0) is 18.4 Å². The summed E-state index contributed by atoms with van der Waals surface area (Å²) < 4.78 is 0. The Kier molecular flexibility index (Phi) is 17.7. The summed E-state index contributed by atoms with van der Waals surface area (Å²) in [6.07, 6.45) is 22.7. The monoisotopic (exact) mass is 272 g/mol. The molecular weight excluding hydrogens is 236 g/mol. The Labute approximate surface area is 121 Å². The van der Waals surface area contributed by atoms with Crippen molar-refractivity contribution in [3.63, 3.8) is 0 Å². The average molecular weight is 273 g/mol. The molecule has 0 spiro atoms. The third-order valence-electron chi connectivity index (χ3n) is 3.70. The topological polar surface area (TPSA) is 0 Å².